The summed E-state index contributed by atoms with van der Waals surface area (Å²) in [5, 5.41) is 18.3. The topological polar surface area (TPSA) is 99.1 Å². The van der Waals surface area contributed by atoms with Gasteiger partial charge in [0.2, 0.25) is 0 Å². The molecular formula is C21H22N4O3S. The summed E-state index contributed by atoms with van der Waals surface area (Å²) in [7, 11) is 0. The van der Waals surface area contributed by atoms with Crippen LogP contribution in [-0.4, -0.2) is 41.0 Å². The summed E-state index contributed by atoms with van der Waals surface area (Å²) in [4.78, 5) is 28.0. The molecule has 2 heterocycles. The average molecular weight is 410 g/mol. The van der Waals surface area contributed by atoms with E-state index in [1.807, 2.05) is 41.2 Å². The molecule has 7 nitrogen and oxygen atoms in total. The molecule has 150 valence electrons. The number of carbonyl (C=O) groups is 2. The fourth-order valence-electron chi connectivity index (χ4n) is 3.44. The van der Waals surface area contributed by atoms with E-state index in [0.717, 1.165) is 36.2 Å². The molecule has 3 rings (SSSR count). The van der Waals surface area contributed by atoms with Gasteiger partial charge in [-0.1, -0.05) is 0 Å². The van der Waals surface area contributed by atoms with E-state index in [0.29, 0.717) is 5.56 Å². The molecule has 0 saturated carbocycles. The van der Waals surface area contributed by atoms with Crippen molar-refractivity contribution in [2.75, 3.05) is 19.7 Å². The quantitative estimate of drug-likeness (QED) is 0.622. The van der Waals surface area contributed by atoms with Crippen LogP contribution in [0.4, 0.5) is 0 Å². The van der Waals surface area contributed by atoms with E-state index in [9.17, 15) is 9.59 Å². The van der Waals surface area contributed by atoms with Crippen LogP contribution in [0.3, 0.4) is 0 Å². The molecule has 2 aromatic heterocycles. The third-order valence-electron chi connectivity index (χ3n) is 4.86. The van der Waals surface area contributed by atoms with Crippen LogP contribution in [0.2, 0.25) is 0 Å². The Morgan fingerprint density at radius 1 is 1.10 bits per heavy atom. The molecule has 1 amide bonds. The number of nitriles is 2. The van der Waals surface area contributed by atoms with E-state index in [1.54, 1.807) is 11.3 Å². The van der Waals surface area contributed by atoms with Crippen LogP contribution in [-0.2, 0) is 22.4 Å². The van der Waals surface area contributed by atoms with Gasteiger partial charge >= 0.3 is 5.97 Å². The van der Waals surface area contributed by atoms with Gasteiger partial charge in [-0.25, -0.2) is 4.79 Å². The molecule has 29 heavy (non-hydrogen) atoms. The molecule has 0 aromatic carbocycles. The molecule has 0 saturated heterocycles. The minimum Gasteiger partial charge on any atom is -0.452 e. The standard InChI is InChI=1S/C21H22N4O3S/c22-9-5-13-24(14-6-10-23)18(26)15-28-21(27)19-16-7-1-2-8-17(16)29-20(19)25-11-3-4-12-25/h3-4,11-12H,1-2,5-8,13-15H2. The lowest BCUT2D eigenvalue weighted by atomic mass is 9.95. The fraction of sp³-hybridized carbons (Fsp3) is 0.429. The Balaban J connectivity index is 1.75. The van der Waals surface area contributed by atoms with E-state index in [4.69, 9.17) is 15.3 Å². The summed E-state index contributed by atoms with van der Waals surface area (Å²) in [6.45, 7) is 0.0412. The molecule has 1 aliphatic rings. The lowest BCUT2D eigenvalue weighted by Crippen LogP contribution is -2.36. The number of hydrogen-bond acceptors (Lipinski definition) is 6. The number of thiophene rings is 1. The van der Waals surface area contributed by atoms with Crippen molar-refractivity contribution in [2.45, 2.75) is 38.5 Å². The van der Waals surface area contributed by atoms with E-state index >= 15 is 0 Å². The first-order chi connectivity index (χ1) is 14.2. The van der Waals surface area contributed by atoms with Crippen molar-refractivity contribution in [2.24, 2.45) is 0 Å². The number of ether oxygens (including phenoxy) is 1. The van der Waals surface area contributed by atoms with Crippen molar-refractivity contribution >= 4 is 23.2 Å². The van der Waals surface area contributed by atoms with Crippen LogP contribution in [0.5, 0.6) is 0 Å². The highest BCUT2D eigenvalue weighted by molar-refractivity contribution is 7.15. The van der Waals surface area contributed by atoms with E-state index in [1.165, 1.54) is 9.78 Å². The highest BCUT2D eigenvalue weighted by atomic mass is 32.1. The summed E-state index contributed by atoms with van der Waals surface area (Å²) >= 11 is 1.61. The minimum absolute atomic E-state index is 0.168. The number of nitrogens with zero attached hydrogens (tertiary/aromatic N) is 4. The highest BCUT2D eigenvalue weighted by Gasteiger charge is 2.28. The Bertz CT molecular complexity index is 932. The second-order valence-electron chi connectivity index (χ2n) is 6.75. The monoisotopic (exact) mass is 410 g/mol. The summed E-state index contributed by atoms with van der Waals surface area (Å²) in [6.07, 6.45) is 8.05. The number of aromatic nitrogens is 1. The largest absolute Gasteiger partial charge is 0.452 e. The number of carbonyl (C=O) groups excluding carboxylic acids is 2. The Labute approximate surface area is 173 Å². The second kappa shape index (κ2) is 9.90. The Hall–Kier alpha value is -3.10. The van der Waals surface area contributed by atoms with Crippen LogP contribution in [0.25, 0.3) is 5.00 Å². The van der Waals surface area contributed by atoms with Crippen LogP contribution >= 0.6 is 11.3 Å². The van der Waals surface area contributed by atoms with Crippen molar-refractivity contribution in [3.05, 3.63) is 40.5 Å². The van der Waals surface area contributed by atoms with Crippen molar-refractivity contribution < 1.29 is 14.3 Å². The molecule has 0 aliphatic heterocycles. The summed E-state index contributed by atoms with van der Waals surface area (Å²) < 4.78 is 7.30. The number of esters is 1. The Morgan fingerprint density at radius 2 is 1.76 bits per heavy atom. The van der Waals surface area contributed by atoms with Crippen LogP contribution < -0.4 is 0 Å². The summed E-state index contributed by atoms with van der Waals surface area (Å²) in [5.41, 5.74) is 1.59. The minimum atomic E-state index is -0.498. The molecule has 2 aromatic rings. The zero-order valence-corrected chi connectivity index (χ0v) is 16.9. The van der Waals surface area contributed by atoms with Crippen LogP contribution in [0.1, 0.15) is 46.5 Å². The number of rotatable bonds is 8. The van der Waals surface area contributed by atoms with Gasteiger partial charge in [0.15, 0.2) is 6.61 Å². The average Bonchev–Trinajstić information content (AvgIpc) is 3.39. The number of aryl methyl sites for hydroxylation is 1. The molecule has 0 atom stereocenters. The Kier molecular flexibility index (Phi) is 7.04. The molecule has 0 fully saturated rings. The van der Waals surface area contributed by atoms with Gasteiger partial charge in [-0.05, 0) is 43.4 Å². The van der Waals surface area contributed by atoms with E-state index < -0.39 is 18.5 Å². The van der Waals surface area contributed by atoms with Crippen LogP contribution in [0, 0.1) is 22.7 Å². The molecule has 1 aliphatic carbocycles. The predicted octanol–water partition coefficient (Wildman–Crippen LogP) is 3.23. The first-order valence-corrected chi connectivity index (χ1v) is 10.4. The van der Waals surface area contributed by atoms with Crippen molar-refractivity contribution in [3.63, 3.8) is 0 Å². The first kappa shape index (κ1) is 20.6. The highest BCUT2D eigenvalue weighted by Crippen LogP contribution is 2.37. The van der Waals surface area contributed by atoms with Crippen molar-refractivity contribution in [3.8, 4) is 17.1 Å². The van der Waals surface area contributed by atoms with E-state index in [-0.39, 0.29) is 25.9 Å². The molecular weight excluding hydrogens is 388 g/mol. The smallest absolute Gasteiger partial charge is 0.341 e. The van der Waals surface area contributed by atoms with Gasteiger partial charge in [0, 0.05) is 30.4 Å². The van der Waals surface area contributed by atoms with E-state index in [2.05, 4.69) is 0 Å². The predicted molar refractivity (Wildman–Crippen MR) is 108 cm³/mol. The van der Waals surface area contributed by atoms with Gasteiger partial charge in [0.1, 0.15) is 5.00 Å². The van der Waals surface area contributed by atoms with Gasteiger partial charge < -0.3 is 14.2 Å². The van der Waals surface area contributed by atoms with Crippen LogP contribution in [0.15, 0.2) is 24.5 Å². The molecule has 8 heteroatoms. The lowest BCUT2D eigenvalue weighted by molar-refractivity contribution is -0.134. The summed E-state index contributed by atoms with van der Waals surface area (Å²) in [6, 6.07) is 7.78. The zero-order valence-electron chi connectivity index (χ0n) is 16.1. The third-order valence-corrected chi connectivity index (χ3v) is 6.17. The maximum Gasteiger partial charge on any atom is 0.341 e. The molecule has 0 unspecified atom stereocenters. The normalized spacial score (nSPS) is 12.5. The number of hydrogen-bond donors (Lipinski definition) is 0. The fourth-order valence-corrected chi connectivity index (χ4v) is 4.78. The molecule has 0 bridgehead atoms. The third kappa shape index (κ3) is 4.85. The summed E-state index contributed by atoms with van der Waals surface area (Å²) in [5.74, 6) is -0.891. The van der Waals surface area contributed by atoms with Gasteiger partial charge in [0.25, 0.3) is 5.91 Å². The van der Waals surface area contributed by atoms with Crippen molar-refractivity contribution in [1.29, 1.82) is 10.5 Å². The lowest BCUT2D eigenvalue weighted by Gasteiger charge is -2.20. The zero-order chi connectivity index (χ0) is 20.6. The molecule has 0 radical (unpaired) electrons. The SMILES string of the molecule is N#CCCN(CCC#N)C(=O)COC(=O)c1c(-n2cccc2)sc2c1CCCC2. The van der Waals surface area contributed by atoms with Crippen molar-refractivity contribution in [1.82, 2.24) is 9.47 Å². The second-order valence-corrected chi connectivity index (χ2v) is 7.84. The molecule has 0 spiro atoms. The Morgan fingerprint density at radius 3 is 2.41 bits per heavy atom. The first-order valence-electron chi connectivity index (χ1n) is 9.62. The maximum atomic E-state index is 12.9. The number of amides is 1. The van der Waals surface area contributed by atoms with Gasteiger partial charge in [-0.15, -0.1) is 11.3 Å². The number of fused-ring (bicyclic) bond motifs is 1. The van der Waals surface area contributed by atoms with Gasteiger partial charge in [-0.2, -0.15) is 10.5 Å². The van der Waals surface area contributed by atoms with Gasteiger partial charge in [-0.3, -0.25) is 4.79 Å². The van der Waals surface area contributed by atoms with Gasteiger partial charge in [0.05, 0.1) is 30.5 Å². The molecule has 0 N–H and O–H groups in total. The maximum absolute atomic E-state index is 12.9.